The van der Waals surface area contributed by atoms with Crippen LogP contribution in [0.5, 0.6) is 5.75 Å². The average molecular weight is 311 g/mol. The summed E-state index contributed by atoms with van der Waals surface area (Å²) in [5, 5.41) is 4.07. The lowest BCUT2D eigenvalue weighted by atomic mass is 10.00. The van der Waals surface area contributed by atoms with Crippen LogP contribution in [0.15, 0.2) is 12.1 Å². The highest BCUT2D eigenvalue weighted by Gasteiger charge is 2.24. The Morgan fingerprint density at radius 3 is 3.14 bits per heavy atom. The van der Waals surface area contributed by atoms with Crippen molar-refractivity contribution in [3.8, 4) is 5.75 Å². The van der Waals surface area contributed by atoms with Crippen molar-refractivity contribution in [2.24, 2.45) is 0 Å². The van der Waals surface area contributed by atoms with Gasteiger partial charge < -0.3 is 14.8 Å². The summed E-state index contributed by atoms with van der Waals surface area (Å²) in [7, 11) is 2.02. The summed E-state index contributed by atoms with van der Waals surface area (Å²) in [6.45, 7) is 4.00. The number of rotatable bonds is 4. The van der Waals surface area contributed by atoms with Crippen molar-refractivity contribution in [1.82, 2.24) is 10.2 Å². The Morgan fingerprint density at radius 1 is 1.38 bits per heavy atom. The number of halogens is 1. The minimum Gasteiger partial charge on any atom is -0.467 e. The molecule has 2 aliphatic rings. The summed E-state index contributed by atoms with van der Waals surface area (Å²) in [5.74, 6) is 0.972. The summed E-state index contributed by atoms with van der Waals surface area (Å²) in [4.78, 5) is 2.55. The second-order valence-corrected chi connectivity index (χ2v) is 6.28. The Morgan fingerprint density at radius 2 is 2.29 bits per heavy atom. The fraction of sp³-hybridized carbons (Fsp3) is 0.625. The lowest BCUT2D eigenvalue weighted by Gasteiger charge is -2.36. The van der Waals surface area contributed by atoms with E-state index in [1.54, 1.807) is 0 Å². The first-order valence-corrected chi connectivity index (χ1v) is 8.06. The molecule has 1 fully saturated rings. The van der Waals surface area contributed by atoms with Crippen molar-refractivity contribution in [3.63, 3.8) is 0 Å². The van der Waals surface area contributed by atoms with E-state index in [-0.39, 0.29) is 0 Å². The van der Waals surface area contributed by atoms with Gasteiger partial charge in [-0.3, -0.25) is 4.90 Å². The van der Waals surface area contributed by atoms with Crippen LogP contribution < -0.4 is 10.1 Å². The van der Waals surface area contributed by atoms with Crippen molar-refractivity contribution in [2.45, 2.75) is 38.5 Å². The number of fused-ring (bicyclic) bond motifs is 1. The molecule has 1 aromatic rings. The van der Waals surface area contributed by atoms with Crippen molar-refractivity contribution < 1.29 is 9.47 Å². The van der Waals surface area contributed by atoms with Crippen molar-refractivity contribution >= 4 is 11.6 Å². The quantitative estimate of drug-likeness (QED) is 0.927. The van der Waals surface area contributed by atoms with E-state index in [1.807, 2.05) is 19.2 Å². The Kier molecular flexibility index (Phi) is 5.01. The third kappa shape index (κ3) is 3.51. The van der Waals surface area contributed by atoms with Gasteiger partial charge in [-0.05, 0) is 38.6 Å². The van der Waals surface area contributed by atoms with Crippen LogP contribution in [0.2, 0.25) is 5.02 Å². The third-order valence-corrected chi connectivity index (χ3v) is 4.53. The van der Waals surface area contributed by atoms with Gasteiger partial charge in [0.1, 0.15) is 5.75 Å². The highest BCUT2D eigenvalue weighted by molar-refractivity contribution is 6.30. The van der Waals surface area contributed by atoms with Gasteiger partial charge in [0.2, 0.25) is 0 Å². The smallest absolute Gasteiger partial charge is 0.189 e. The summed E-state index contributed by atoms with van der Waals surface area (Å²) in [5.41, 5.74) is 2.25. The Hall–Kier alpha value is -0.810. The van der Waals surface area contributed by atoms with Crippen LogP contribution in [0, 0.1) is 0 Å². The minimum atomic E-state index is 0.335. The average Bonchev–Trinajstić information content (AvgIpc) is 2.49. The van der Waals surface area contributed by atoms with Crippen LogP contribution in [-0.4, -0.2) is 37.9 Å². The first-order valence-electron chi connectivity index (χ1n) is 7.68. The van der Waals surface area contributed by atoms with E-state index in [0.717, 1.165) is 36.0 Å². The Labute approximate surface area is 131 Å². The number of hydrogen-bond acceptors (Lipinski definition) is 4. The first kappa shape index (κ1) is 15.1. The maximum atomic E-state index is 6.26. The molecule has 0 radical (unpaired) electrons. The van der Waals surface area contributed by atoms with E-state index in [1.165, 1.54) is 24.8 Å². The Bertz CT molecular complexity index is 493. The summed E-state index contributed by atoms with van der Waals surface area (Å²) < 4.78 is 11.1. The molecule has 5 heteroatoms. The molecule has 3 rings (SSSR count). The van der Waals surface area contributed by atoms with Crippen LogP contribution in [0.25, 0.3) is 0 Å². The fourth-order valence-corrected chi connectivity index (χ4v) is 3.59. The van der Waals surface area contributed by atoms with Gasteiger partial charge in [-0.15, -0.1) is 0 Å². The number of piperidine rings is 1. The van der Waals surface area contributed by atoms with E-state index < -0.39 is 0 Å². The van der Waals surface area contributed by atoms with E-state index >= 15 is 0 Å². The van der Waals surface area contributed by atoms with Gasteiger partial charge >= 0.3 is 0 Å². The minimum absolute atomic E-state index is 0.335. The molecule has 0 saturated carbocycles. The van der Waals surface area contributed by atoms with Gasteiger partial charge in [0.05, 0.1) is 6.61 Å². The van der Waals surface area contributed by atoms with Gasteiger partial charge in [-0.2, -0.15) is 0 Å². The van der Waals surface area contributed by atoms with Gasteiger partial charge in [-0.25, -0.2) is 0 Å². The van der Waals surface area contributed by atoms with Crippen molar-refractivity contribution in [3.05, 3.63) is 28.3 Å². The molecule has 1 atom stereocenters. The number of ether oxygens (including phenoxy) is 2. The lowest BCUT2D eigenvalue weighted by Crippen LogP contribution is -2.44. The highest BCUT2D eigenvalue weighted by Crippen LogP contribution is 2.33. The van der Waals surface area contributed by atoms with Gasteiger partial charge in [0.25, 0.3) is 0 Å². The lowest BCUT2D eigenvalue weighted by molar-refractivity contribution is -0.0177. The maximum absolute atomic E-state index is 6.26. The molecule has 116 valence electrons. The van der Waals surface area contributed by atoms with E-state index in [4.69, 9.17) is 21.1 Å². The van der Waals surface area contributed by atoms with E-state index in [2.05, 4.69) is 10.2 Å². The van der Waals surface area contributed by atoms with Crippen LogP contribution in [0.1, 0.15) is 30.4 Å². The topological polar surface area (TPSA) is 33.7 Å². The third-order valence-electron chi connectivity index (χ3n) is 4.31. The molecule has 0 bridgehead atoms. The largest absolute Gasteiger partial charge is 0.467 e. The monoisotopic (exact) mass is 310 g/mol. The van der Waals surface area contributed by atoms with Crippen LogP contribution in [0.4, 0.5) is 0 Å². The number of likely N-dealkylation sites (N-methyl/N-ethyl adjacent to an activating group) is 1. The highest BCUT2D eigenvalue weighted by atomic mass is 35.5. The first-order chi connectivity index (χ1) is 10.3. The van der Waals surface area contributed by atoms with Crippen LogP contribution in [0.3, 0.4) is 0 Å². The number of nitrogens with one attached hydrogen (secondary N) is 1. The summed E-state index contributed by atoms with van der Waals surface area (Å²) in [6, 6.07) is 4.58. The molecular weight excluding hydrogens is 288 g/mol. The molecule has 0 aromatic heterocycles. The number of benzene rings is 1. The maximum Gasteiger partial charge on any atom is 0.189 e. The normalized spacial score (nSPS) is 22.7. The molecule has 1 saturated heterocycles. The Balaban J connectivity index is 1.81. The molecule has 1 N–H and O–H groups in total. The van der Waals surface area contributed by atoms with Crippen LogP contribution >= 0.6 is 11.6 Å². The zero-order chi connectivity index (χ0) is 14.7. The second-order valence-electron chi connectivity index (χ2n) is 5.84. The summed E-state index contributed by atoms with van der Waals surface area (Å²) >= 11 is 6.26. The molecule has 1 unspecified atom stereocenters. The van der Waals surface area contributed by atoms with Gasteiger partial charge in [0, 0.05) is 35.3 Å². The molecule has 4 nitrogen and oxygen atoms in total. The molecule has 2 heterocycles. The number of likely N-dealkylation sites (tertiary alicyclic amines) is 1. The molecule has 21 heavy (non-hydrogen) atoms. The van der Waals surface area contributed by atoms with Gasteiger partial charge in [0.15, 0.2) is 6.79 Å². The fourth-order valence-electron chi connectivity index (χ4n) is 3.33. The summed E-state index contributed by atoms with van der Waals surface area (Å²) in [6.07, 6.45) is 3.85. The SMILES string of the molecule is CNCC1CCCCN1Cc1cc(Cl)cc2c1OCOC2. The molecule has 0 aliphatic carbocycles. The number of nitrogens with zero attached hydrogens (tertiary/aromatic N) is 1. The second kappa shape index (κ2) is 6.97. The zero-order valence-electron chi connectivity index (χ0n) is 12.5. The predicted molar refractivity (Wildman–Crippen MR) is 83.7 cm³/mol. The van der Waals surface area contributed by atoms with Crippen LogP contribution in [-0.2, 0) is 17.9 Å². The molecule has 1 aromatic carbocycles. The van der Waals surface area contributed by atoms with E-state index in [0.29, 0.717) is 19.4 Å². The molecular formula is C16H23ClN2O2. The zero-order valence-corrected chi connectivity index (χ0v) is 13.3. The van der Waals surface area contributed by atoms with Gasteiger partial charge in [-0.1, -0.05) is 18.0 Å². The number of hydrogen-bond donors (Lipinski definition) is 1. The molecule has 0 spiro atoms. The van der Waals surface area contributed by atoms with Crippen molar-refractivity contribution in [1.29, 1.82) is 0 Å². The standard InChI is InChI=1S/C16H23ClN2O2/c1-18-8-15-4-2-3-5-19(15)9-12-6-14(17)7-13-10-20-11-21-16(12)13/h6-7,15,18H,2-5,8-11H2,1H3. The molecule has 0 amide bonds. The van der Waals surface area contributed by atoms with Crippen molar-refractivity contribution in [2.75, 3.05) is 26.9 Å². The predicted octanol–water partition coefficient (Wildman–Crippen LogP) is 2.78. The molecule has 2 aliphatic heterocycles. The van der Waals surface area contributed by atoms with E-state index in [9.17, 15) is 0 Å².